The van der Waals surface area contributed by atoms with Crippen molar-refractivity contribution >= 4 is 29.3 Å². The number of aliphatic carboxylic acids is 1. The van der Waals surface area contributed by atoms with Gasteiger partial charge >= 0.3 is 5.97 Å². The average molecular weight is 211 g/mol. The number of hydrogen-bond donors (Lipinski definition) is 2. The number of thiophene rings is 1. The molecule has 0 bridgehead atoms. The maximum atomic E-state index is 10.7. The summed E-state index contributed by atoms with van der Waals surface area (Å²) >= 11 is 1.40. The van der Waals surface area contributed by atoms with Crippen LogP contribution in [0.2, 0.25) is 0 Å². The van der Waals surface area contributed by atoms with Gasteiger partial charge in [-0.15, -0.1) is 11.3 Å². The molecule has 1 amide bonds. The smallest absolute Gasteiger partial charge is 0.352 e. The largest absolute Gasteiger partial charge is 0.477 e. The van der Waals surface area contributed by atoms with Crippen LogP contribution in [0.4, 0.5) is 0 Å². The van der Waals surface area contributed by atoms with E-state index in [0.717, 1.165) is 4.88 Å². The Morgan fingerprint density at radius 2 is 2.29 bits per heavy atom. The molecule has 0 aliphatic rings. The van der Waals surface area contributed by atoms with Gasteiger partial charge in [-0.1, -0.05) is 6.07 Å². The summed E-state index contributed by atoms with van der Waals surface area (Å²) in [4.78, 5) is 22.1. The number of amides is 1. The number of carbonyl (C=O) groups excluding carboxylic acids is 1. The van der Waals surface area contributed by atoms with Crippen molar-refractivity contribution in [3.05, 3.63) is 28.1 Å². The van der Waals surface area contributed by atoms with Gasteiger partial charge < -0.3 is 10.4 Å². The van der Waals surface area contributed by atoms with Gasteiger partial charge in [0.2, 0.25) is 5.91 Å². The van der Waals surface area contributed by atoms with E-state index in [1.54, 1.807) is 6.07 Å². The molecular formula is C9H9NO3S. The van der Waals surface area contributed by atoms with Gasteiger partial charge in [0.15, 0.2) is 0 Å². The highest BCUT2D eigenvalue weighted by Crippen LogP contribution is 2.12. The van der Waals surface area contributed by atoms with Crippen LogP contribution in [0.15, 0.2) is 23.2 Å². The van der Waals surface area contributed by atoms with Crippen LogP contribution >= 0.6 is 11.3 Å². The molecule has 4 nitrogen and oxygen atoms in total. The van der Waals surface area contributed by atoms with Crippen LogP contribution in [-0.4, -0.2) is 17.0 Å². The minimum atomic E-state index is -1.14. The summed E-state index contributed by atoms with van der Waals surface area (Å²) < 4.78 is 0. The van der Waals surface area contributed by atoms with Gasteiger partial charge in [-0.3, -0.25) is 4.79 Å². The van der Waals surface area contributed by atoms with E-state index in [0.29, 0.717) is 0 Å². The lowest BCUT2D eigenvalue weighted by Gasteiger charge is -2.00. The molecule has 0 saturated carbocycles. The SMILES string of the molecule is CC(=O)N/C(=C\c1cccs1)C(=O)O. The first kappa shape index (κ1) is 10.5. The van der Waals surface area contributed by atoms with Crippen molar-refractivity contribution in [3.63, 3.8) is 0 Å². The van der Waals surface area contributed by atoms with Crippen molar-refractivity contribution < 1.29 is 14.7 Å². The minimum absolute atomic E-state index is 0.111. The monoisotopic (exact) mass is 211 g/mol. The molecule has 1 aromatic heterocycles. The molecule has 5 heteroatoms. The van der Waals surface area contributed by atoms with Crippen LogP contribution in [0.1, 0.15) is 11.8 Å². The normalized spacial score (nSPS) is 11.1. The van der Waals surface area contributed by atoms with Crippen molar-refractivity contribution in [1.82, 2.24) is 5.32 Å². The summed E-state index contributed by atoms with van der Waals surface area (Å²) in [5, 5.41) is 12.8. The van der Waals surface area contributed by atoms with Crippen molar-refractivity contribution in [2.24, 2.45) is 0 Å². The lowest BCUT2D eigenvalue weighted by molar-refractivity contribution is -0.134. The fourth-order valence-corrected chi connectivity index (χ4v) is 1.51. The maximum absolute atomic E-state index is 10.7. The van der Waals surface area contributed by atoms with E-state index in [4.69, 9.17) is 5.11 Å². The van der Waals surface area contributed by atoms with E-state index in [1.165, 1.54) is 24.3 Å². The minimum Gasteiger partial charge on any atom is -0.477 e. The van der Waals surface area contributed by atoms with Crippen molar-refractivity contribution in [1.29, 1.82) is 0 Å². The fraction of sp³-hybridized carbons (Fsp3) is 0.111. The second kappa shape index (κ2) is 4.57. The molecule has 1 heterocycles. The number of hydrogen-bond acceptors (Lipinski definition) is 3. The Morgan fingerprint density at radius 1 is 1.57 bits per heavy atom. The summed E-state index contributed by atoms with van der Waals surface area (Å²) in [6.45, 7) is 1.27. The fourth-order valence-electron chi connectivity index (χ4n) is 0.857. The lowest BCUT2D eigenvalue weighted by Crippen LogP contribution is -2.24. The molecular weight excluding hydrogens is 202 g/mol. The molecule has 0 aliphatic carbocycles. The molecule has 2 N–H and O–H groups in total. The molecule has 0 fully saturated rings. The molecule has 0 unspecified atom stereocenters. The Labute approximate surface area is 84.9 Å². The zero-order valence-corrected chi connectivity index (χ0v) is 8.30. The number of carboxylic acid groups (broad SMARTS) is 1. The Morgan fingerprint density at radius 3 is 2.71 bits per heavy atom. The van der Waals surface area contributed by atoms with Crippen molar-refractivity contribution in [2.75, 3.05) is 0 Å². The Hall–Kier alpha value is -1.62. The van der Waals surface area contributed by atoms with E-state index in [9.17, 15) is 9.59 Å². The topological polar surface area (TPSA) is 66.4 Å². The third-order valence-electron chi connectivity index (χ3n) is 1.37. The molecule has 0 spiro atoms. The third-order valence-corrected chi connectivity index (χ3v) is 2.19. The molecule has 0 saturated heterocycles. The first-order valence-electron chi connectivity index (χ1n) is 3.85. The highest BCUT2D eigenvalue weighted by Gasteiger charge is 2.08. The molecule has 0 radical (unpaired) electrons. The maximum Gasteiger partial charge on any atom is 0.352 e. The summed E-state index contributed by atoms with van der Waals surface area (Å²) in [6, 6.07) is 3.58. The predicted molar refractivity (Wildman–Crippen MR) is 53.7 cm³/mol. The van der Waals surface area contributed by atoms with Gasteiger partial charge in [0.05, 0.1) is 0 Å². The van der Waals surface area contributed by atoms with Crippen molar-refractivity contribution in [3.8, 4) is 0 Å². The molecule has 74 valence electrons. The number of carbonyl (C=O) groups is 2. The van der Waals surface area contributed by atoms with Crippen LogP contribution in [0.3, 0.4) is 0 Å². The van der Waals surface area contributed by atoms with E-state index in [-0.39, 0.29) is 5.70 Å². The van der Waals surface area contributed by atoms with E-state index >= 15 is 0 Å². The quantitative estimate of drug-likeness (QED) is 0.741. The molecule has 0 atom stereocenters. The van der Waals surface area contributed by atoms with Crippen molar-refractivity contribution in [2.45, 2.75) is 6.92 Å². The van der Waals surface area contributed by atoms with E-state index < -0.39 is 11.9 Å². The second-order valence-electron chi connectivity index (χ2n) is 2.56. The molecule has 14 heavy (non-hydrogen) atoms. The van der Waals surface area contributed by atoms with Gasteiger partial charge in [0, 0.05) is 11.8 Å². The van der Waals surface area contributed by atoms with Crippen LogP contribution < -0.4 is 5.32 Å². The lowest BCUT2D eigenvalue weighted by atomic mass is 10.3. The van der Waals surface area contributed by atoms with Crippen LogP contribution in [-0.2, 0) is 9.59 Å². The second-order valence-corrected chi connectivity index (χ2v) is 3.54. The van der Waals surface area contributed by atoms with Crippen LogP contribution in [0, 0.1) is 0 Å². The summed E-state index contributed by atoms with van der Waals surface area (Å²) in [7, 11) is 0. The summed E-state index contributed by atoms with van der Waals surface area (Å²) in [5.41, 5.74) is -0.111. The first-order valence-corrected chi connectivity index (χ1v) is 4.73. The number of nitrogens with one attached hydrogen (secondary N) is 1. The van der Waals surface area contributed by atoms with Gasteiger partial charge in [0.1, 0.15) is 5.70 Å². The molecule has 0 aliphatic heterocycles. The number of rotatable bonds is 3. The van der Waals surface area contributed by atoms with Gasteiger partial charge in [-0.05, 0) is 17.5 Å². The van der Waals surface area contributed by atoms with E-state index in [1.807, 2.05) is 11.4 Å². The zero-order valence-electron chi connectivity index (χ0n) is 7.48. The highest BCUT2D eigenvalue weighted by atomic mass is 32.1. The Kier molecular flexibility index (Phi) is 3.41. The first-order chi connectivity index (χ1) is 6.59. The summed E-state index contributed by atoms with van der Waals surface area (Å²) in [5.74, 6) is -1.54. The molecule has 1 rings (SSSR count). The van der Waals surface area contributed by atoms with Gasteiger partial charge in [-0.2, -0.15) is 0 Å². The van der Waals surface area contributed by atoms with Crippen LogP contribution in [0.5, 0.6) is 0 Å². The zero-order chi connectivity index (χ0) is 10.6. The Balaban J connectivity index is 2.88. The van der Waals surface area contributed by atoms with Crippen LogP contribution in [0.25, 0.3) is 6.08 Å². The number of carboxylic acids is 1. The predicted octanol–water partition coefficient (Wildman–Crippen LogP) is 1.31. The average Bonchev–Trinajstić information content (AvgIpc) is 2.54. The molecule has 0 aromatic carbocycles. The highest BCUT2D eigenvalue weighted by molar-refractivity contribution is 7.10. The van der Waals surface area contributed by atoms with Gasteiger partial charge in [-0.25, -0.2) is 4.79 Å². The molecule has 1 aromatic rings. The van der Waals surface area contributed by atoms with E-state index in [2.05, 4.69) is 5.32 Å². The Bertz CT molecular complexity index is 367. The summed E-state index contributed by atoms with van der Waals surface area (Å²) in [6.07, 6.45) is 1.42. The standard InChI is InChI=1S/C9H9NO3S/c1-6(11)10-8(9(12)13)5-7-3-2-4-14-7/h2-5H,1H3,(H,10,11)(H,12,13)/b8-5-. The third kappa shape index (κ3) is 3.02. The van der Waals surface area contributed by atoms with Gasteiger partial charge in [0.25, 0.3) is 0 Å².